The van der Waals surface area contributed by atoms with Gasteiger partial charge in [0.15, 0.2) is 6.10 Å². The monoisotopic (exact) mass is 344 g/mol. The molecule has 0 aliphatic rings. The van der Waals surface area contributed by atoms with E-state index in [1.54, 1.807) is 18.2 Å². The molecular weight excluding hydrogens is 328 g/mol. The van der Waals surface area contributed by atoms with Crippen molar-refractivity contribution >= 4 is 40.9 Å². The second-order valence-electron chi connectivity index (χ2n) is 4.90. The van der Waals surface area contributed by atoms with Crippen molar-refractivity contribution in [2.75, 3.05) is 5.32 Å². The van der Waals surface area contributed by atoms with Crippen LogP contribution in [0.5, 0.6) is 0 Å². The average molecular weight is 344 g/mol. The maximum absolute atomic E-state index is 12.0. The first kappa shape index (κ1) is 17.4. The summed E-state index contributed by atoms with van der Waals surface area (Å²) in [4.78, 5) is 34.7. The van der Waals surface area contributed by atoms with Gasteiger partial charge in [0.05, 0.1) is 0 Å². The highest BCUT2D eigenvalue weighted by molar-refractivity contribution is 7.08. The largest absolute Gasteiger partial charge is 0.449 e. The third-order valence-corrected chi connectivity index (χ3v) is 3.76. The number of nitrogens with one attached hydrogen (secondary N) is 1. The van der Waals surface area contributed by atoms with Gasteiger partial charge in [0.2, 0.25) is 5.91 Å². The van der Waals surface area contributed by atoms with Crippen LogP contribution in [0, 0.1) is 0 Å². The molecule has 2 aromatic rings. The van der Waals surface area contributed by atoms with Gasteiger partial charge in [-0.15, -0.1) is 0 Å². The van der Waals surface area contributed by atoms with Crippen LogP contribution in [0.1, 0.15) is 22.8 Å². The zero-order chi connectivity index (χ0) is 17.5. The molecule has 24 heavy (non-hydrogen) atoms. The summed E-state index contributed by atoms with van der Waals surface area (Å²) in [6.45, 7) is 1.48. The first-order chi connectivity index (χ1) is 11.5. The summed E-state index contributed by atoms with van der Waals surface area (Å²) >= 11 is 1.52. The molecule has 0 saturated carbocycles. The predicted molar refractivity (Wildman–Crippen MR) is 92.5 cm³/mol. The number of benzene rings is 1. The van der Waals surface area contributed by atoms with Gasteiger partial charge >= 0.3 is 5.97 Å². The molecule has 3 N–H and O–H groups in total. The predicted octanol–water partition coefficient (Wildman–Crippen LogP) is 2.43. The summed E-state index contributed by atoms with van der Waals surface area (Å²) in [6.07, 6.45) is 1.93. The topological polar surface area (TPSA) is 98.5 Å². The van der Waals surface area contributed by atoms with Gasteiger partial charge < -0.3 is 15.8 Å². The van der Waals surface area contributed by atoms with E-state index in [4.69, 9.17) is 10.5 Å². The molecule has 7 heteroatoms. The Bertz CT molecular complexity index is 751. The summed E-state index contributed by atoms with van der Waals surface area (Å²) in [5.41, 5.74) is 6.85. The second kappa shape index (κ2) is 8.07. The number of thiophene rings is 1. The number of primary amides is 1. The van der Waals surface area contributed by atoms with Crippen LogP contribution in [0.15, 0.2) is 47.2 Å². The van der Waals surface area contributed by atoms with Gasteiger partial charge in [-0.05, 0) is 59.7 Å². The van der Waals surface area contributed by atoms with Crippen molar-refractivity contribution in [3.05, 3.63) is 58.3 Å². The van der Waals surface area contributed by atoms with E-state index in [0.717, 1.165) is 5.56 Å². The fourth-order valence-corrected chi connectivity index (χ4v) is 2.39. The van der Waals surface area contributed by atoms with Crippen LogP contribution < -0.4 is 11.1 Å². The Balaban J connectivity index is 1.87. The maximum Gasteiger partial charge on any atom is 0.331 e. The maximum atomic E-state index is 12.0. The summed E-state index contributed by atoms with van der Waals surface area (Å²) in [7, 11) is 0. The standard InChI is InChI=1S/C17H16N2O4S/c1-11(23-15(20)7-2-12-8-9-24-10-12)17(22)19-14-5-3-13(4-6-14)16(18)21/h2-11H,1H3,(H2,18,21)(H,19,22)/b7-2+/t11-/m1/s1. The highest BCUT2D eigenvalue weighted by Crippen LogP contribution is 2.11. The Morgan fingerprint density at radius 2 is 1.92 bits per heavy atom. The van der Waals surface area contributed by atoms with E-state index in [-0.39, 0.29) is 0 Å². The molecule has 0 aliphatic heterocycles. The quantitative estimate of drug-likeness (QED) is 0.621. The Kier molecular flexibility index (Phi) is 5.86. The van der Waals surface area contributed by atoms with Crippen molar-refractivity contribution < 1.29 is 19.1 Å². The van der Waals surface area contributed by atoms with Crippen molar-refractivity contribution in [3.63, 3.8) is 0 Å². The van der Waals surface area contributed by atoms with E-state index in [9.17, 15) is 14.4 Å². The van der Waals surface area contributed by atoms with Gasteiger partial charge in [-0.3, -0.25) is 9.59 Å². The molecule has 0 saturated heterocycles. The minimum atomic E-state index is -0.958. The lowest BCUT2D eigenvalue weighted by atomic mass is 10.2. The number of amides is 2. The van der Waals surface area contributed by atoms with Gasteiger partial charge in [-0.25, -0.2) is 4.79 Å². The molecule has 0 bridgehead atoms. The molecule has 0 aliphatic carbocycles. The number of ether oxygens (including phenoxy) is 1. The highest BCUT2D eigenvalue weighted by Gasteiger charge is 2.16. The van der Waals surface area contributed by atoms with E-state index in [1.165, 1.54) is 36.5 Å². The normalized spacial score (nSPS) is 11.9. The molecule has 124 valence electrons. The Morgan fingerprint density at radius 1 is 1.21 bits per heavy atom. The van der Waals surface area contributed by atoms with E-state index in [1.807, 2.05) is 16.8 Å². The van der Waals surface area contributed by atoms with Crippen LogP contribution in [0.25, 0.3) is 6.08 Å². The molecular formula is C17H16N2O4S. The number of hydrogen-bond acceptors (Lipinski definition) is 5. The van der Waals surface area contributed by atoms with Crippen molar-refractivity contribution in [2.24, 2.45) is 5.73 Å². The van der Waals surface area contributed by atoms with Crippen LogP contribution in [0.2, 0.25) is 0 Å². The molecule has 2 amide bonds. The molecule has 0 fully saturated rings. The number of nitrogens with two attached hydrogens (primary N) is 1. The van der Waals surface area contributed by atoms with Gasteiger partial charge in [-0.1, -0.05) is 0 Å². The molecule has 1 atom stereocenters. The first-order valence-corrected chi connectivity index (χ1v) is 8.01. The first-order valence-electron chi connectivity index (χ1n) is 7.07. The smallest absolute Gasteiger partial charge is 0.331 e. The molecule has 0 spiro atoms. The number of carbonyl (C=O) groups excluding carboxylic acids is 3. The van der Waals surface area contributed by atoms with Crippen LogP contribution >= 0.6 is 11.3 Å². The molecule has 1 heterocycles. The zero-order valence-corrected chi connectivity index (χ0v) is 13.7. The third-order valence-electron chi connectivity index (χ3n) is 3.05. The van der Waals surface area contributed by atoms with Gasteiger partial charge in [0.1, 0.15) is 0 Å². The molecule has 2 rings (SSSR count). The molecule has 1 aromatic heterocycles. The van der Waals surface area contributed by atoms with Gasteiger partial charge in [0, 0.05) is 17.3 Å². The Hall–Kier alpha value is -2.93. The minimum Gasteiger partial charge on any atom is -0.449 e. The molecule has 0 unspecified atom stereocenters. The fourth-order valence-electron chi connectivity index (χ4n) is 1.76. The highest BCUT2D eigenvalue weighted by atomic mass is 32.1. The summed E-state index contributed by atoms with van der Waals surface area (Å²) < 4.78 is 5.04. The second-order valence-corrected chi connectivity index (χ2v) is 5.68. The van der Waals surface area contributed by atoms with E-state index in [2.05, 4.69) is 5.32 Å². The van der Waals surface area contributed by atoms with Crippen LogP contribution in [-0.2, 0) is 14.3 Å². The summed E-state index contributed by atoms with van der Waals surface area (Å²) in [6, 6.07) is 7.95. The van der Waals surface area contributed by atoms with Crippen LogP contribution in [0.4, 0.5) is 5.69 Å². The average Bonchev–Trinajstić information content (AvgIpc) is 3.06. The van der Waals surface area contributed by atoms with Crippen molar-refractivity contribution in [1.82, 2.24) is 0 Å². The number of rotatable bonds is 6. The number of hydrogen-bond donors (Lipinski definition) is 2. The lowest BCUT2D eigenvalue weighted by molar-refractivity contribution is -0.148. The number of esters is 1. The summed E-state index contributed by atoms with van der Waals surface area (Å²) in [5, 5.41) is 6.37. The van der Waals surface area contributed by atoms with E-state index < -0.39 is 23.9 Å². The Labute approximate surface area is 142 Å². The Morgan fingerprint density at radius 3 is 2.50 bits per heavy atom. The molecule has 0 radical (unpaired) electrons. The number of carbonyl (C=O) groups is 3. The lowest BCUT2D eigenvalue weighted by Gasteiger charge is -2.12. The lowest BCUT2D eigenvalue weighted by Crippen LogP contribution is -2.29. The van der Waals surface area contributed by atoms with Gasteiger partial charge in [-0.2, -0.15) is 11.3 Å². The third kappa shape index (κ3) is 5.06. The van der Waals surface area contributed by atoms with Crippen LogP contribution in [-0.4, -0.2) is 23.9 Å². The van der Waals surface area contributed by atoms with E-state index >= 15 is 0 Å². The molecule has 6 nitrogen and oxygen atoms in total. The number of anilines is 1. The zero-order valence-electron chi connectivity index (χ0n) is 12.9. The van der Waals surface area contributed by atoms with Crippen molar-refractivity contribution in [1.29, 1.82) is 0 Å². The van der Waals surface area contributed by atoms with Gasteiger partial charge in [0.25, 0.3) is 5.91 Å². The van der Waals surface area contributed by atoms with Crippen molar-refractivity contribution in [3.8, 4) is 0 Å². The van der Waals surface area contributed by atoms with Crippen molar-refractivity contribution in [2.45, 2.75) is 13.0 Å². The minimum absolute atomic E-state index is 0.339. The van der Waals surface area contributed by atoms with E-state index in [0.29, 0.717) is 11.3 Å². The fraction of sp³-hybridized carbons (Fsp3) is 0.118. The van der Waals surface area contributed by atoms with Crippen LogP contribution in [0.3, 0.4) is 0 Å². The SMILES string of the molecule is C[C@@H](OC(=O)/C=C/c1ccsc1)C(=O)Nc1ccc(C(N)=O)cc1. The summed E-state index contributed by atoms with van der Waals surface area (Å²) in [5.74, 6) is -1.63. The molecule has 1 aromatic carbocycles.